The van der Waals surface area contributed by atoms with Crippen LogP contribution >= 0.6 is 0 Å². The van der Waals surface area contributed by atoms with Crippen molar-refractivity contribution in [3.05, 3.63) is 24.0 Å². The van der Waals surface area contributed by atoms with E-state index in [1.54, 1.807) is 24.8 Å². The van der Waals surface area contributed by atoms with Gasteiger partial charge in [0.05, 0.1) is 11.3 Å². The van der Waals surface area contributed by atoms with Crippen LogP contribution < -0.4 is 0 Å². The van der Waals surface area contributed by atoms with E-state index >= 15 is 0 Å². The first-order chi connectivity index (χ1) is 9.17. The largest absolute Gasteiger partial charge is 0.506 e. The first-order valence-corrected chi connectivity index (χ1v) is 6.27. The average molecular weight is 290 g/mol. The Kier molecular flexibility index (Phi) is 3.93. The molecule has 0 spiro atoms. The SMILES string of the molecule is CC1(C)CN(Cc2ncccc2O)CC(C(F)(F)F)O1. The van der Waals surface area contributed by atoms with E-state index in [1.165, 1.54) is 12.3 Å². The molecule has 2 rings (SSSR count). The lowest BCUT2D eigenvalue weighted by Crippen LogP contribution is -2.56. The summed E-state index contributed by atoms with van der Waals surface area (Å²) in [6.45, 7) is 3.48. The molecule has 0 aromatic carbocycles. The number of nitrogens with zero attached hydrogens (tertiary/aromatic N) is 2. The quantitative estimate of drug-likeness (QED) is 0.908. The molecule has 1 N–H and O–H groups in total. The Hall–Kier alpha value is -1.34. The minimum absolute atomic E-state index is 0.0136. The molecule has 0 saturated carbocycles. The highest BCUT2D eigenvalue weighted by Gasteiger charge is 2.48. The number of morpholine rings is 1. The number of alkyl halides is 3. The number of hydrogen-bond acceptors (Lipinski definition) is 4. The Balaban J connectivity index is 2.13. The van der Waals surface area contributed by atoms with Crippen LogP contribution in [0.25, 0.3) is 0 Å². The molecule has 1 atom stereocenters. The molecule has 1 aliphatic rings. The van der Waals surface area contributed by atoms with Crippen molar-refractivity contribution in [2.75, 3.05) is 13.1 Å². The molecule has 0 bridgehead atoms. The van der Waals surface area contributed by atoms with E-state index in [-0.39, 0.29) is 18.8 Å². The Morgan fingerprint density at radius 1 is 1.50 bits per heavy atom. The van der Waals surface area contributed by atoms with Crippen LogP contribution in [0.15, 0.2) is 18.3 Å². The highest BCUT2D eigenvalue weighted by atomic mass is 19.4. The summed E-state index contributed by atoms with van der Waals surface area (Å²) >= 11 is 0. The molecule has 1 aromatic heterocycles. The van der Waals surface area contributed by atoms with Crippen LogP contribution in [0.2, 0.25) is 0 Å². The van der Waals surface area contributed by atoms with Gasteiger partial charge in [0.15, 0.2) is 6.10 Å². The predicted octanol–water partition coefficient (Wildman–Crippen LogP) is 2.33. The third kappa shape index (κ3) is 3.61. The summed E-state index contributed by atoms with van der Waals surface area (Å²) in [6, 6.07) is 3.04. The third-order valence-electron chi connectivity index (χ3n) is 3.09. The number of ether oxygens (including phenoxy) is 1. The Labute approximate surface area is 115 Å². The molecule has 112 valence electrons. The summed E-state index contributed by atoms with van der Waals surface area (Å²) in [5.41, 5.74) is -0.533. The van der Waals surface area contributed by atoms with Crippen LogP contribution in [-0.2, 0) is 11.3 Å². The maximum atomic E-state index is 12.9. The average Bonchev–Trinajstić information content (AvgIpc) is 2.29. The van der Waals surface area contributed by atoms with Crippen LogP contribution in [0.3, 0.4) is 0 Å². The summed E-state index contributed by atoms with van der Waals surface area (Å²) in [5, 5.41) is 9.65. The van der Waals surface area contributed by atoms with Gasteiger partial charge in [-0.3, -0.25) is 9.88 Å². The standard InChI is InChI=1S/C13H17F3N2O2/c1-12(2)8-18(7-11(20-12)13(14,15)16)6-9-10(19)4-3-5-17-9/h3-5,11,19H,6-8H2,1-2H3. The molecule has 1 unspecified atom stereocenters. The summed E-state index contributed by atoms with van der Waals surface area (Å²) in [5.74, 6) is -0.0136. The van der Waals surface area contributed by atoms with Gasteiger partial charge in [-0.25, -0.2) is 0 Å². The van der Waals surface area contributed by atoms with Gasteiger partial charge in [-0.1, -0.05) is 0 Å². The molecular formula is C13H17F3N2O2. The van der Waals surface area contributed by atoms with E-state index in [1.807, 2.05) is 0 Å². The maximum absolute atomic E-state index is 12.9. The van der Waals surface area contributed by atoms with E-state index in [2.05, 4.69) is 4.98 Å². The monoisotopic (exact) mass is 290 g/mol. The molecule has 1 fully saturated rings. The lowest BCUT2D eigenvalue weighted by Gasteiger charge is -2.43. The van der Waals surface area contributed by atoms with Crippen molar-refractivity contribution < 1.29 is 23.0 Å². The van der Waals surface area contributed by atoms with Crippen molar-refractivity contribution >= 4 is 0 Å². The minimum atomic E-state index is -4.40. The maximum Gasteiger partial charge on any atom is 0.415 e. The van der Waals surface area contributed by atoms with Gasteiger partial charge in [0, 0.05) is 25.8 Å². The van der Waals surface area contributed by atoms with Crippen LogP contribution in [0.4, 0.5) is 13.2 Å². The van der Waals surface area contributed by atoms with Gasteiger partial charge >= 0.3 is 6.18 Å². The lowest BCUT2D eigenvalue weighted by molar-refractivity contribution is -0.273. The van der Waals surface area contributed by atoms with E-state index in [0.29, 0.717) is 12.2 Å². The number of aromatic nitrogens is 1. The van der Waals surface area contributed by atoms with Crippen LogP contribution in [0.1, 0.15) is 19.5 Å². The van der Waals surface area contributed by atoms with Gasteiger partial charge in [0.1, 0.15) is 5.75 Å². The van der Waals surface area contributed by atoms with Gasteiger partial charge in [0.2, 0.25) is 0 Å². The van der Waals surface area contributed by atoms with Crippen molar-refractivity contribution in [3.8, 4) is 5.75 Å². The van der Waals surface area contributed by atoms with Crippen molar-refractivity contribution in [2.24, 2.45) is 0 Å². The minimum Gasteiger partial charge on any atom is -0.506 e. The van der Waals surface area contributed by atoms with E-state index < -0.39 is 17.9 Å². The Morgan fingerprint density at radius 2 is 2.20 bits per heavy atom. The van der Waals surface area contributed by atoms with E-state index in [4.69, 9.17) is 4.74 Å². The number of aromatic hydroxyl groups is 1. The second-order valence-electron chi connectivity index (χ2n) is 5.55. The number of halogens is 3. The van der Waals surface area contributed by atoms with Crippen molar-refractivity contribution in [2.45, 2.75) is 38.3 Å². The second kappa shape index (κ2) is 5.21. The normalized spacial score (nSPS) is 23.8. The van der Waals surface area contributed by atoms with Gasteiger partial charge in [-0.05, 0) is 26.0 Å². The van der Waals surface area contributed by atoms with Gasteiger partial charge in [-0.2, -0.15) is 13.2 Å². The lowest BCUT2D eigenvalue weighted by atomic mass is 10.0. The fraction of sp³-hybridized carbons (Fsp3) is 0.615. The highest BCUT2D eigenvalue weighted by molar-refractivity contribution is 5.24. The number of pyridine rings is 1. The number of rotatable bonds is 2. The highest BCUT2D eigenvalue weighted by Crippen LogP contribution is 2.32. The van der Waals surface area contributed by atoms with Crippen molar-refractivity contribution in [1.82, 2.24) is 9.88 Å². The van der Waals surface area contributed by atoms with Crippen LogP contribution in [-0.4, -0.2) is 46.0 Å². The van der Waals surface area contributed by atoms with Gasteiger partial charge in [0.25, 0.3) is 0 Å². The Bertz CT molecular complexity index is 477. The predicted molar refractivity (Wildman–Crippen MR) is 66.2 cm³/mol. The Morgan fingerprint density at radius 3 is 2.80 bits per heavy atom. The van der Waals surface area contributed by atoms with Gasteiger partial charge < -0.3 is 9.84 Å². The first kappa shape index (κ1) is 15.1. The van der Waals surface area contributed by atoms with Crippen LogP contribution in [0.5, 0.6) is 5.75 Å². The fourth-order valence-electron chi connectivity index (χ4n) is 2.35. The number of hydrogen-bond donors (Lipinski definition) is 1. The molecule has 0 radical (unpaired) electrons. The zero-order chi connectivity index (χ0) is 15.0. The van der Waals surface area contributed by atoms with E-state index in [0.717, 1.165) is 0 Å². The molecule has 7 heteroatoms. The molecule has 4 nitrogen and oxygen atoms in total. The van der Waals surface area contributed by atoms with Gasteiger partial charge in [-0.15, -0.1) is 0 Å². The topological polar surface area (TPSA) is 45.6 Å². The summed E-state index contributed by atoms with van der Waals surface area (Å²) in [4.78, 5) is 5.59. The second-order valence-corrected chi connectivity index (χ2v) is 5.55. The molecule has 0 aliphatic carbocycles. The summed E-state index contributed by atoms with van der Waals surface area (Å²) in [7, 11) is 0. The smallest absolute Gasteiger partial charge is 0.415 e. The zero-order valence-electron chi connectivity index (χ0n) is 11.3. The fourth-order valence-corrected chi connectivity index (χ4v) is 2.35. The molecule has 1 aliphatic heterocycles. The van der Waals surface area contributed by atoms with Crippen LogP contribution in [0, 0.1) is 0 Å². The third-order valence-corrected chi connectivity index (χ3v) is 3.09. The first-order valence-electron chi connectivity index (χ1n) is 6.27. The molecule has 20 heavy (non-hydrogen) atoms. The summed E-state index contributed by atoms with van der Waals surface area (Å²) in [6.07, 6.45) is -4.72. The summed E-state index contributed by atoms with van der Waals surface area (Å²) < 4.78 is 43.7. The van der Waals surface area contributed by atoms with Crippen molar-refractivity contribution in [1.29, 1.82) is 0 Å². The molecule has 0 amide bonds. The molecule has 1 aromatic rings. The molecule has 2 heterocycles. The molecule has 1 saturated heterocycles. The van der Waals surface area contributed by atoms with E-state index in [9.17, 15) is 18.3 Å². The zero-order valence-corrected chi connectivity index (χ0v) is 11.3. The molecular weight excluding hydrogens is 273 g/mol. The van der Waals surface area contributed by atoms with Crippen molar-refractivity contribution in [3.63, 3.8) is 0 Å².